The molecule has 4 heteroatoms. The predicted octanol–water partition coefficient (Wildman–Crippen LogP) is 6.58. The van der Waals surface area contributed by atoms with Crippen LogP contribution in [-0.4, -0.2) is 28.6 Å². The Hall–Kier alpha value is -0.900. The third kappa shape index (κ3) is 3.98. The second-order valence-electron chi connectivity index (χ2n) is 13.7. The van der Waals surface area contributed by atoms with Gasteiger partial charge in [0.05, 0.1) is 0 Å². The predicted molar refractivity (Wildman–Crippen MR) is 135 cm³/mol. The number of carbonyl (C=O) groups is 2. The molecule has 194 valence electrons. The van der Waals surface area contributed by atoms with Gasteiger partial charge in [0.25, 0.3) is 0 Å². The number of esters is 1. The van der Waals surface area contributed by atoms with E-state index in [1.807, 2.05) is 0 Å². The summed E-state index contributed by atoms with van der Waals surface area (Å²) >= 11 is 0. The average Bonchev–Trinajstić information content (AvgIpc) is 3.09. The minimum atomic E-state index is -1.22. The van der Waals surface area contributed by atoms with Gasteiger partial charge in [0.2, 0.25) is 0 Å². The molecule has 4 nitrogen and oxygen atoms in total. The molecule has 1 N–H and O–H groups in total. The first kappa shape index (κ1) is 26.2. The van der Waals surface area contributed by atoms with Crippen LogP contribution in [0.3, 0.4) is 0 Å². The van der Waals surface area contributed by atoms with E-state index in [2.05, 4.69) is 41.5 Å². The van der Waals surface area contributed by atoms with Gasteiger partial charge in [0.1, 0.15) is 11.7 Å². The quantitative estimate of drug-likeness (QED) is 0.442. The van der Waals surface area contributed by atoms with Crippen molar-refractivity contribution in [2.45, 2.75) is 124 Å². The first-order valence-electron chi connectivity index (χ1n) is 14.3. The molecule has 34 heavy (non-hydrogen) atoms. The molecule has 10 atom stereocenters. The summed E-state index contributed by atoms with van der Waals surface area (Å²) in [5, 5.41) is 12.3. The minimum Gasteiger partial charge on any atom is -0.463 e. The minimum absolute atomic E-state index is 0.0204. The zero-order chi connectivity index (χ0) is 25.1. The van der Waals surface area contributed by atoms with Gasteiger partial charge in [-0.15, -0.1) is 0 Å². The normalized spacial score (nSPS) is 45.8. The maximum Gasteiger partial charge on any atom is 0.302 e. The largest absolute Gasteiger partial charge is 0.463 e. The van der Waals surface area contributed by atoms with Gasteiger partial charge in [-0.3, -0.25) is 9.59 Å². The van der Waals surface area contributed by atoms with Gasteiger partial charge in [-0.05, 0) is 91.8 Å². The molecule has 4 aliphatic carbocycles. The Morgan fingerprint density at radius 3 is 2.35 bits per heavy atom. The van der Waals surface area contributed by atoms with Gasteiger partial charge < -0.3 is 9.84 Å². The molecular weight excluding hydrogens is 424 g/mol. The molecule has 0 saturated heterocycles. The lowest BCUT2D eigenvalue weighted by molar-refractivity contribution is -0.230. The summed E-state index contributed by atoms with van der Waals surface area (Å²) in [6.07, 6.45) is 9.61. The Morgan fingerprint density at radius 2 is 1.71 bits per heavy atom. The summed E-state index contributed by atoms with van der Waals surface area (Å²) in [6, 6.07) is 0. The third-order valence-electron chi connectivity index (χ3n) is 11.8. The molecule has 0 unspecified atom stereocenters. The lowest BCUT2D eigenvalue weighted by atomic mass is 9.41. The molecule has 0 amide bonds. The highest BCUT2D eigenvalue weighted by Gasteiger charge is 2.70. The monoisotopic (exact) mass is 474 g/mol. The van der Waals surface area contributed by atoms with Gasteiger partial charge in [-0.2, -0.15) is 0 Å². The number of fused-ring (bicyclic) bond motifs is 5. The van der Waals surface area contributed by atoms with Crippen LogP contribution in [-0.2, 0) is 14.3 Å². The number of aliphatic hydroxyl groups is 1. The van der Waals surface area contributed by atoms with E-state index >= 15 is 0 Å². The second-order valence-corrected chi connectivity index (χ2v) is 13.7. The smallest absolute Gasteiger partial charge is 0.302 e. The maximum absolute atomic E-state index is 14.0. The lowest BCUT2D eigenvalue weighted by Crippen LogP contribution is -2.70. The number of hydrogen-bond acceptors (Lipinski definition) is 4. The van der Waals surface area contributed by atoms with Crippen LogP contribution in [0.5, 0.6) is 0 Å². The highest BCUT2D eigenvalue weighted by molar-refractivity contribution is 5.90. The standard InChI is InChI=1S/C30H50O4/c1-18(2)19(3)8-9-20(4)24-12-13-25-26-11-10-22-16-23(34-21(5)31)14-15-29(22,7)30(26,33)27(32)17-28(24,25)6/h18-20,22-26,33H,8-17H2,1-7H3/t19-,20+,22-,23+,24-,25-,26+,28+,29+,30-/m0/s1. The number of ether oxygens (including phenoxy) is 1. The van der Waals surface area contributed by atoms with Crippen molar-refractivity contribution in [3.05, 3.63) is 0 Å². The fourth-order valence-electron chi connectivity index (χ4n) is 9.36. The zero-order valence-electron chi connectivity index (χ0n) is 22.9. The van der Waals surface area contributed by atoms with Gasteiger partial charge in [0, 0.05) is 18.8 Å². The van der Waals surface area contributed by atoms with E-state index < -0.39 is 11.0 Å². The van der Waals surface area contributed by atoms with Crippen molar-refractivity contribution in [3.63, 3.8) is 0 Å². The fourth-order valence-corrected chi connectivity index (χ4v) is 9.36. The van der Waals surface area contributed by atoms with Crippen LogP contribution < -0.4 is 0 Å². The number of ketones is 1. The molecule has 0 aliphatic heterocycles. The summed E-state index contributed by atoms with van der Waals surface area (Å²) in [7, 11) is 0. The Labute approximate surface area is 208 Å². The van der Waals surface area contributed by atoms with E-state index in [9.17, 15) is 14.7 Å². The zero-order valence-corrected chi connectivity index (χ0v) is 22.9. The van der Waals surface area contributed by atoms with E-state index in [1.54, 1.807) is 0 Å². The lowest BCUT2D eigenvalue weighted by Gasteiger charge is -2.64. The number of Topliss-reactive ketones (excluding diaryl/α,β-unsaturated/α-hetero) is 1. The van der Waals surface area contributed by atoms with Crippen LogP contribution in [0.4, 0.5) is 0 Å². The summed E-state index contributed by atoms with van der Waals surface area (Å²) in [5.41, 5.74) is -1.60. The molecule has 4 rings (SSSR count). The summed E-state index contributed by atoms with van der Waals surface area (Å²) < 4.78 is 5.56. The molecule has 4 saturated carbocycles. The van der Waals surface area contributed by atoms with Crippen LogP contribution in [0.2, 0.25) is 0 Å². The van der Waals surface area contributed by atoms with E-state index in [0.29, 0.717) is 24.2 Å². The van der Waals surface area contributed by atoms with Gasteiger partial charge in [-0.25, -0.2) is 0 Å². The van der Waals surface area contributed by atoms with Crippen molar-refractivity contribution in [1.29, 1.82) is 0 Å². The Morgan fingerprint density at radius 1 is 1.03 bits per heavy atom. The maximum atomic E-state index is 14.0. The van der Waals surface area contributed by atoms with E-state index in [1.165, 1.54) is 26.2 Å². The number of carbonyl (C=O) groups excluding carboxylic acids is 2. The van der Waals surface area contributed by atoms with Crippen LogP contribution in [0.15, 0.2) is 0 Å². The molecule has 0 radical (unpaired) electrons. The van der Waals surface area contributed by atoms with E-state index in [4.69, 9.17) is 4.74 Å². The third-order valence-corrected chi connectivity index (χ3v) is 11.8. The Balaban J connectivity index is 1.54. The van der Waals surface area contributed by atoms with Gasteiger partial charge in [0.15, 0.2) is 5.78 Å². The molecule has 4 fully saturated rings. The van der Waals surface area contributed by atoms with Crippen molar-refractivity contribution in [2.24, 2.45) is 52.3 Å². The van der Waals surface area contributed by atoms with Crippen molar-refractivity contribution >= 4 is 11.8 Å². The Kier molecular flexibility index (Phi) is 7.08. The molecule has 4 aliphatic rings. The van der Waals surface area contributed by atoms with Crippen molar-refractivity contribution in [3.8, 4) is 0 Å². The molecule has 0 bridgehead atoms. The molecule has 0 spiro atoms. The molecular formula is C30H50O4. The summed E-state index contributed by atoms with van der Waals surface area (Å²) in [4.78, 5) is 25.5. The summed E-state index contributed by atoms with van der Waals surface area (Å²) in [5.74, 6) is 3.32. The number of rotatable bonds is 6. The van der Waals surface area contributed by atoms with E-state index in [-0.39, 0.29) is 35.1 Å². The van der Waals surface area contributed by atoms with Gasteiger partial charge in [-0.1, -0.05) is 54.4 Å². The van der Waals surface area contributed by atoms with Crippen molar-refractivity contribution in [2.75, 3.05) is 0 Å². The van der Waals surface area contributed by atoms with Crippen molar-refractivity contribution in [1.82, 2.24) is 0 Å². The number of hydrogen-bond donors (Lipinski definition) is 1. The van der Waals surface area contributed by atoms with Crippen molar-refractivity contribution < 1.29 is 19.4 Å². The first-order chi connectivity index (χ1) is 15.8. The SMILES string of the molecule is CC(=O)O[C@@H]1CC[C@]2(C)[C@@H](CC[C@@H]3[C@@H]4CC[C@@H]([C@H](C)CC[C@H](C)C(C)C)[C@@]4(C)CC(=O)[C@@]32O)C1. The van der Waals surface area contributed by atoms with Crippen LogP contribution in [0, 0.1) is 52.3 Å². The molecule has 0 aromatic heterocycles. The molecule has 0 heterocycles. The van der Waals surface area contributed by atoms with E-state index in [0.717, 1.165) is 50.4 Å². The highest BCUT2D eigenvalue weighted by atomic mass is 16.5. The topological polar surface area (TPSA) is 63.6 Å². The molecule has 0 aromatic rings. The first-order valence-corrected chi connectivity index (χ1v) is 14.3. The Bertz CT molecular complexity index is 791. The second kappa shape index (κ2) is 9.20. The summed E-state index contributed by atoms with van der Waals surface area (Å²) in [6.45, 7) is 15.5. The van der Waals surface area contributed by atoms with Gasteiger partial charge >= 0.3 is 5.97 Å². The van der Waals surface area contributed by atoms with Crippen LogP contribution >= 0.6 is 0 Å². The average molecular weight is 475 g/mol. The van der Waals surface area contributed by atoms with Crippen LogP contribution in [0.1, 0.15) is 113 Å². The highest BCUT2D eigenvalue weighted by Crippen LogP contribution is 2.69. The van der Waals surface area contributed by atoms with Crippen LogP contribution in [0.25, 0.3) is 0 Å². The fraction of sp³-hybridized carbons (Fsp3) is 0.933. The molecule has 0 aromatic carbocycles.